The molecule has 0 aliphatic heterocycles. The molecule has 3 nitrogen and oxygen atoms in total. The molecule has 0 atom stereocenters. The average molecular weight is 274 g/mol. The maximum Gasteiger partial charge on any atom is 0.101 e. The van der Waals surface area contributed by atoms with Gasteiger partial charge in [0.1, 0.15) is 5.03 Å². The molecule has 1 aromatic carbocycles. The van der Waals surface area contributed by atoms with Crippen LogP contribution in [0.4, 0.5) is 0 Å². The molecule has 0 unspecified atom stereocenters. The molecule has 0 radical (unpaired) electrons. The lowest BCUT2D eigenvalue weighted by Gasteiger charge is -2.09. The Hall–Kier alpha value is -1.36. The van der Waals surface area contributed by atoms with Gasteiger partial charge in [0, 0.05) is 31.3 Å². The van der Waals surface area contributed by atoms with E-state index < -0.39 is 0 Å². The van der Waals surface area contributed by atoms with Crippen molar-refractivity contribution in [1.82, 2.24) is 10.3 Å². The number of nitrogens with one attached hydrogen (secondary N) is 1. The van der Waals surface area contributed by atoms with Crippen LogP contribution < -0.4 is 5.32 Å². The number of pyridine rings is 1. The van der Waals surface area contributed by atoms with Crippen molar-refractivity contribution in [1.29, 1.82) is 0 Å². The molecule has 4 heteroatoms. The molecule has 2 rings (SSSR count). The summed E-state index contributed by atoms with van der Waals surface area (Å²) in [4.78, 5) is 5.59. The van der Waals surface area contributed by atoms with Crippen molar-refractivity contribution < 1.29 is 4.74 Å². The number of nitrogens with zero attached hydrogens (tertiary/aromatic N) is 1. The molecule has 0 spiro atoms. The van der Waals surface area contributed by atoms with Crippen molar-refractivity contribution in [2.45, 2.75) is 16.5 Å². The smallest absolute Gasteiger partial charge is 0.101 e. The van der Waals surface area contributed by atoms with Crippen LogP contribution in [0.1, 0.15) is 5.56 Å². The summed E-state index contributed by atoms with van der Waals surface area (Å²) < 4.78 is 5.03. The fourth-order valence-corrected chi connectivity index (χ4v) is 2.57. The Morgan fingerprint density at radius 1 is 1.16 bits per heavy atom. The SMILES string of the molecule is COCCNCc1ccccc1Sc1ccccn1. The number of hydrogen-bond donors (Lipinski definition) is 1. The lowest BCUT2D eigenvalue weighted by Crippen LogP contribution is -2.18. The lowest BCUT2D eigenvalue weighted by atomic mass is 10.2. The molecule has 0 saturated carbocycles. The molecule has 2 aromatic rings. The van der Waals surface area contributed by atoms with Gasteiger partial charge in [-0.15, -0.1) is 0 Å². The highest BCUT2D eigenvalue weighted by Gasteiger charge is 2.04. The van der Waals surface area contributed by atoms with Gasteiger partial charge >= 0.3 is 0 Å². The summed E-state index contributed by atoms with van der Waals surface area (Å²) in [5.74, 6) is 0. The molecule has 1 heterocycles. The highest BCUT2D eigenvalue weighted by Crippen LogP contribution is 2.28. The van der Waals surface area contributed by atoms with Gasteiger partial charge < -0.3 is 10.1 Å². The molecule has 0 saturated heterocycles. The molecule has 1 aromatic heterocycles. The summed E-state index contributed by atoms with van der Waals surface area (Å²) >= 11 is 1.70. The standard InChI is InChI=1S/C15H18N2OS/c1-18-11-10-16-12-13-6-2-3-7-14(13)19-15-8-4-5-9-17-15/h2-9,16H,10-12H2,1H3. The van der Waals surface area contributed by atoms with E-state index >= 15 is 0 Å². The van der Waals surface area contributed by atoms with Crippen LogP contribution in [0.25, 0.3) is 0 Å². The van der Waals surface area contributed by atoms with Gasteiger partial charge in [-0.3, -0.25) is 0 Å². The Kier molecular flexibility index (Phi) is 5.88. The van der Waals surface area contributed by atoms with Gasteiger partial charge in [0.05, 0.1) is 6.61 Å². The third-order valence-corrected chi connectivity index (χ3v) is 3.69. The van der Waals surface area contributed by atoms with Gasteiger partial charge in [-0.05, 0) is 23.8 Å². The molecule has 0 aliphatic rings. The molecule has 0 bridgehead atoms. The number of methoxy groups -OCH3 is 1. The van der Waals surface area contributed by atoms with E-state index in [9.17, 15) is 0 Å². The maximum atomic E-state index is 5.03. The summed E-state index contributed by atoms with van der Waals surface area (Å²) in [5, 5.41) is 4.39. The van der Waals surface area contributed by atoms with Crippen LogP contribution in [0.15, 0.2) is 58.6 Å². The molecule has 19 heavy (non-hydrogen) atoms. The Balaban J connectivity index is 2.00. The minimum Gasteiger partial charge on any atom is -0.383 e. The van der Waals surface area contributed by atoms with E-state index in [-0.39, 0.29) is 0 Å². The monoisotopic (exact) mass is 274 g/mol. The van der Waals surface area contributed by atoms with E-state index in [2.05, 4.69) is 34.6 Å². The van der Waals surface area contributed by atoms with Crippen molar-refractivity contribution >= 4 is 11.8 Å². The third-order valence-electron chi connectivity index (χ3n) is 2.62. The van der Waals surface area contributed by atoms with Crippen LogP contribution in [-0.4, -0.2) is 25.2 Å². The summed E-state index contributed by atoms with van der Waals surface area (Å²) in [5.41, 5.74) is 1.29. The number of hydrogen-bond acceptors (Lipinski definition) is 4. The largest absolute Gasteiger partial charge is 0.383 e. The minimum atomic E-state index is 0.732. The van der Waals surface area contributed by atoms with E-state index in [1.165, 1.54) is 10.5 Å². The first-order valence-corrected chi connectivity index (χ1v) is 7.08. The van der Waals surface area contributed by atoms with Crippen molar-refractivity contribution in [3.8, 4) is 0 Å². The fraction of sp³-hybridized carbons (Fsp3) is 0.267. The minimum absolute atomic E-state index is 0.732. The molecule has 0 amide bonds. The molecular weight excluding hydrogens is 256 g/mol. The van der Waals surface area contributed by atoms with Crippen molar-refractivity contribution in [2.75, 3.05) is 20.3 Å². The molecular formula is C15H18N2OS. The fourth-order valence-electron chi connectivity index (χ4n) is 1.67. The second-order valence-corrected chi connectivity index (χ2v) is 5.11. The zero-order chi connectivity index (χ0) is 13.3. The normalized spacial score (nSPS) is 10.6. The predicted octanol–water partition coefficient (Wildman–Crippen LogP) is 2.97. The molecule has 1 N–H and O–H groups in total. The Labute approximate surface area is 118 Å². The van der Waals surface area contributed by atoms with E-state index in [1.54, 1.807) is 18.9 Å². The average Bonchev–Trinajstić information content (AvgIpc) is 2.46. The first-order chi connectivity index (χ1) is 9.40. The molecule has 0 fully saturated rings. The summed E-state index contributed by atoms with van der Waals surface area (Å²) in [6, 6.07) is 14.4. The van der Waals surface area contributed by atoms with Crippen LogP contribution in [-0.2, 0) is 11.3 Å². The van der Waals surface area contributed by atoms with Crippen LogP contribution >= 0.6 is 11.8 Å². The number of ether oxygens (including phenoxy) is 1. The van der Waals surface area contributed by atoms with Gasteiger partial charge in [-0.1, -0.05) is 36.0 Å². The zero-order valence-corrected chi connectivity index (χ0v) is 11.8. The zero-order valence-electron chi connectivity index (χ0n) is 11.0. The van der Waals surface area contributed by atoms with Gasteiger partial charge in [-0.25, -0.2) is 4.98 Å². The number of rotatable bonds is 7. The van der Waals surface area contributed by atoms with Crippen molar-refractivity contribution in [2.24, 2.45) is 0 Å². The van der Waals surface area contributed by atoms with E-state index in [1.807, 2.05) is 24.4 Å². The highest BCUT2D eigenvalue weighted by atomic mass is 32.2. The Bertz CT molecular complexity index is 491. The van der Waals surface area contributed by atoms with Crippen molar-refractivity contribution in [3.05, 3.63) is 54.2 Å². The van der Waals surface area contributed by atoms with Crippen molar-refractivity contribution in [3.63, 3.8) is 0 Å². The van der Waals surface area contributed by atoms with Gasteiger partial charge in [0.15, 0.2) is 0 Å². The quantitative estimate of drug-likeness (QED) is 0.787. The topological polar surface area (TPSA) is 34.1 Å². The summed E-state index contributed by atoms with van der Waals surface area (Å²) in [7, 11) is 1.71. The van der Waals surface area contributed by atoms with Gasteiger partial charge in [-0.2, -0.15) is 0 Å². The van der Waals surface area contributed by atoms with E-state index in [0.29, 0.717) is 0 Å². The Morgan fingerprint density at radius 3 is 2.79 bits per heavy atom. The second-order valence-electron chi connectivity index (χ2n) is 4.05. The molecule has 0 aliphatic carbocycles. The third kappa shape index (κ3) is 4.67. The molecule has 100 valence electrons. The summed E-state index contributed by atoms with van der Waals surface area (Å²) in [6.45, 7) is 2.44. The van der Waals surface area contributed by atoms with Crippen LogP contribution in [0.2, 0.25) is 0 Å². The van der Waals surface area contributed by atoms with Gasteiger partial charge in [0.25, 0.3) is 0 Å². The highest BCUT2D eigenvalue weighted by molar-refractivity contribution is 7.99. The van der Waals surface area contributed by atoms with Gasteiger partial charge in [0.2, 0.25) is 0 Å². The van der Waals surface area contributed by atoms with Crippen LogP contribution in [0, 0.1) is 0 Å². The maximum absolute atomic E-state index is 5.03. The Morgan fingerprint density at radius 2 is 2.00 bits per heavy atom. The van der Waals surface area contributed by atoms with E-state index in [0.717, 1.165) is 24.7 Å². The van der Waals surface area contributed by atoms with Crippen LogP contribution in [0.3, 0.4) is 0 Å². The first-order valence-electron chi connectivity index (χ1n) is 6.26. The second kappa shape index (κ2) is 7.94. The number of benzene rings is 1. The van der Waals surface area contributed by atoms with E-state index in [4.69, 9.17) is 4.74 Å². The summed E-state index contributed by atoms with van der Waals surface area (Å²) in [6.07, 6.45) is 1.82. The lowest BCUT2D eigenvalue weighted by molar-refractivity contribution is 0.199. The predicted molar refractivity (Wildman–Crippen MR) is 78.4 cm³/mol. The number of aromatic nitrogens is 1. The van der Waals surface area contributed by atoms with Crippen LogP contribution in [0.5, 0.6) is 0 Å². The first kappa shape index (κ1) is 14.1.